The van der Waals surface area contributed by atoms with Gasteiger partial charge in [0.15, 0.2) is 0 Å². The normalized spacial score (nSPS) is 9.00. The van der Waals surface area contributed by atoms with E-state index in [1.54, 1.807) is 19.2 Å². The SMILES string of the molecule is CC.CNCc1ccc(Cl)cc1F. The molecular formula is C10H15ClFN. The minimum atomic E-state index is -0.258. The van der Waals surface area contributed by atoms with E-state index in [0.717, 1.165) is 0 Å². The van der Waals surface area contributed by atoms with Gasteiger partial charge in [0.05, 0.1) is 0 Å². The first-order valence-electron chi connectivity index (χ1n) is 4.32. The van der Waals surface area contributed by atoms with Crippen LogP contribution in [0.5, 0.6) is 0 Å². The van der Waals surface area contributed by atoms with Gasteiger partial charge in [0.25, 0.3) is 0 Å². The lowest BCUT2D eigenvalue weighted by atomic mass is 10.2. The summed E-state index contributed by atoms with van der Waals surface area (Å²) in [5.74, 6) is -0.258. The average molecular weight is 204 g/mol. The van der Waals surface area contributed by atoms with E-state index in [4.69, 9.17) is 11.6 Å². The van der Waals surface area contributed by atoms with Crippen molar-refractivity contribution in [2.45, 2.75) is 20.4 Å². The molecule has 0 aliphatic rings. The van der Waals surface area contributed by atoms with Gasteiger partial charge in [-0.1, -0.05) is 31.5 Å². The molecule has 74 valence electrons. The zero-order chi connectivity index (χ0) is 10.3. The van der Waals surface area contributed by atoms with Gasteiger partial charge in [-0.2, -0.15) is 0 Å². The van der Waals surface area contributed by atoms with Crippen LogP contribution in [0.4, 0.5) is 4.39 Å². The second-order valence-corrected chi connectivity index (χ2v) is 2.70. The molecule has 0 fully saturated rings. The molecule has 0 unspecified atom stereocenters. The van der Waals surface area contributed by atoms with Crippen LogP contribution in [-0.4, -0.2) is 7.05 Å². The highest BCUT2D eigenvalue weighted by Crippen LogP contribution is 2.13. The van der Waals surface area contributed by atoms with Crippen LogP contribution in [0.2, 0.25) is 5.02 Å². The minimum absolute atomic E-state index is 0.258. The van der Waals surface area contributed by atoms with Crippen molar-refractivity contribution in [2.24, 2.45) is 0 Å². The van der Waals surface area contributed by atoms with E-state index in [-0.39, 0.29) is 5.82 Å². The number of halogens is 2. The molecule has 0 bridgehead atoms. The largest absolute Gasteiger partial charge is 0.316 e. The van der Waals surface area contributed by atoms with E-state index in [9.17, 15) is 4.39 Å². The summed E-state index contributed by atoms with van der Waals surface area (Å²) in [7, 11) is 1.77. The lowest BCUT2D eigenvalue weighted by Crippen LogP contribution is -2.06. The Morgan fingerprint density at radius 1 is 1.38 bits per heavy atom. The second kappa shape index (κ2) is 6.87. The summed E-state index contributed by atoms with van der Waals surface area (Å²) in [5, 5.41) is 3.29. The topological polar surface area (TPSA) is 12.0 Å². The summed E-state index contributed by atoms with van der Waals surface area (Å²) in [6, 6.07) is 4.67. The van der Waals surface area contributed by atoms with Gasteiger partial charge in [-0.05, 0) is 19.2 Å². The van der Waals surface area contributed by atoms with Crippen molar-refractivity contribution in [3.05, 3.63) is 34.6 Å². The van der Waals surface area contributed by atoms with Gasteiger partial charge in [-0.3, -0.25) is 0 Å². The van der Waals surface area contributed by atoms with E-state index in [0.29, 0.717) is 17.1 Å². The number of hydrogen-bond donors (Lipinski definition) is 1. The Hall–Kier alpha value is -0.600. The van der Waals surface area contributed by atoms with Crippen molar-refractivity contribution in [1.29, 1.82) is 0 Å². The molecule has 0 atom stereocenters. The fourth-order valence-electron chi connectivity index (χ4n) is 0.855. The van der Waals surface area contributed by atoms with Crippen LogP contribution >= 0.6 is 11.6 Å². The number of benzene rings is 1. The number of nitrogens with one attached hydrogen (secondary N) is 1. The molecule has 0 spiro atoms. The van der Waals surface area contributed by atoms with Gasteiger partial charge in [-0.15, -0.1) is 0 Å². The molecule has 3 heteroatoms. The molecule has 1 nitrogen and oxygen atoms in total. The first-order chi connectivity index (χ1) is 6.24. The third-order valence-electron chi connectivity index (χ3n) is 1.38. The van der Waals surface area contributed by atoms with E-state index < -0.39 is 0 Å². The smallest absolute Gasteiger partial charge is 0.129 e. The van der Waals surface area contributed by atoms with Gasteiger partial charge < -0.3 is 5.32 Å². The third kappa shape index (κ3) is 4.25. The van der Waals surface area contributed by atoms with E-state index in [1.165, 1.54) is 6.07 Å². The molecule has 0 amide bonds. The van der Waals surface area contributed by atoms with Crippen LogP contribution in [0.15, 0.2) is 18.2 Å². The number of rotatable bonds is 2. The fourth-order valence-corrected chi connectivity index (χ4v) is 1.01. The van der Waals surface area contributed by atoms with Gasteiger partial charge in [0.1, 0.15) is 5.82 Å². The van der Waals surface area contributed by atoms with Crippen LogP contribution < -0.4 is 5.32 Å². The highest BCUT2D eigenvalue weighted by molar-refractivity contribution is 6.30. The van der Waals surface area contributed by atoms with Gasteiger partial charge in [-0.25, -0.2) is 4.39 Å². The molecule has 0 radical (unpaired) electrons. The van der Waals surface area contributed by atoms with Crippen LogP contribution in [-0.2, 0) is 6.54 Å². The van der Waals surface area contributed by atoms with Crippen molar-refractivity contribution in [2.75, 3.05) is 7.05 Å². The van der Waals surface area contributed by atoms with Crippen LogP contribution in [0.1, 0.15) is 19.4 Å². The molecule has 0 heterocycles. The Bertz CT molecular complexity index is 251. The molecule has 0 saturated heterocycles. The first-order valence-corrected chi connectivity index (χ1v) is 4.70. The third-order valence-corrected chi connectivity index (χ3v) is 1.62. The van der Waals surface area contributed by atoms with Crippen LogP contribution in [0.3, 0.4) is 0 Å². The molecule has 1 N–H and O–H groups in total. The van der Waals surface area contributed by atoms with Gasteiger partial charge in [0.2, 0.25) is 0 Å². The monoisotopic (exact) mass is 203 g/mol. The predicted molar refractivity (Wildman–Crippen MR) is 55.5 cm³/mol. The van der Waals surface area contributed by atoms with E-state index in [1.807, 2.05) is 13.8 Å². The van der Waals surface area contributed by atoms with Crippen LogP contribution in [0, 0.1) is 5.82 Å². The molecule has 1 aromatic rings. The number of hydrogen-bond acceptors (Lipinski definition) is 1. The lowest BCUT2D eigenvalue weighted by molar-refractivity contribution is 0.601. The molecular weight excluding hydrogens is 189 g/mol. The minimum Gasteiger partial charge on any atom is -0.316 e. The molecule has 0 aliphatic heterocycles. The molecule has 1 rings (SSSR count). The Balaban J connectivity index is 0.000000671. The van der Waals surface area contributed by atoms with Crippen molar-refractivity contribution < 1.29 is 4.39 Å². The Kier molecular flexibility index (Phi) is 6.55. The highest BCUT2D eigenvalue weighted by Gasteiger charge is 1.99. The summed E-state index contributed by atoms with van der Waals surface area (Å²) in [5.41, 5.74) is 0.636. The molecule has 1 aromatic carbocycles. The standard InChI is InChI=1S/C8H9ClFN.C2H6/c1-11-5-6-2-3-7(9)4-8(6)10;1-2/h2-4,11H,5H2,1H3;1-2H3. The predicted octanol–water partition coefficient (Wildman–Crippen LogP) is 3.22. The zero-order valence-corrected chi connectivity index (χ0v) is 8.95. The summed E-state index contributed by atoms with van der Waals surface area (Å²) in [4.78, 5) is 0. The summed E-state index contributed by atoms with van der Waals surface area (Å²) in [6.45, 7) is 4.53. The van der Waals surface area contributed by atoms with Gasteiger partial charge in [0, 0.05) is 17.1 Å². The molecule has 0 saturated carbocycles. The van der Waals surface area contributed by atoms with E-state index >= 15 is 0 Å². The second-order valence-electron chi connectivity index (χ2n) is 2.27. The molecule has 0 aliphatic carbocycles. The lowest BCUT2D eigenvalue weighted by Gasteiger charge is -2.01. The highest BCUT2D eigenvalue weighted by atomic mass is 35.5. The maximum absolute atomic E-state index is 12.9. The first kappa shape index (κ1) is 12.4. The fraction of sp³-hybridized carbons (Fsp3) is 0.400. The van der Waals surface area contributed by atoms with Crippen LogP contribution in [0.25, 0.3) is 0 Å². The summed E-state index contributed by atoms with van der Waals surface area (Å²) < 4.78 is 12.9. The van der Waals surface area contributed by atoms with E-state index in [2.05, 4.69) is 5.32 Å². The Morgan fingerprint density at radius 2 is 2.00 bits per heavy atom. The van der Waals surface area contributed by atoms with Crippen molar-refractivity contribution >= 4 is 11.6 Å². The van der Waals surface area contributed by atoms with Gasteiger partial charge >= 0.3 is 0 Å². The van der Waals surface area contributed by atoms with Crippen molar-refractivity contribution in [3.63, 3.8) is 0 Å². The zero-order valence-electron chi connectivity index (χ0n) is 8.20. The summed E-state index contributed by atoms with van der Waals surface area (Å²) in [6.07, 6.45) is 0. The van der Waals surface area contributed by atoms with Crippen molar-refractivity contribution in [3.8, 4) is 0 Å². The van der Waals surface area contributed by atoms with Crippen molar-refractivity contribution in [1.82, 2.24) is 5.32 Å². The maximum Gasteiger partial charge on any atom is 0.129 e. The summed E-state index contributed by atoms with van der Waals surface area (Å²) >= 11 is 5.56. The Morgan fingerprint density at radius 3 is 2.46 bits per heavy atom. The Labute approximate surface area is 83.9 Å². The molecule has 0 aromatic heterocycles. The molecule has 13 heavy (non-hydrogen) atoms. The quantitative estimate of drug-likeness (QED) is 0.779. The average Bonchev–Trinajstić information content (AvgIpc) is 2.14. The maximum atomic E-state index is 12.9.